The molecule has 84 valence electrons. The minimum atomic E-state index is 0.0437. The molecule has 15 heavy (non-hydrogen) atoms. The number of ether oxygens (including phenoxy) is 1. The molecule has 0 N–H and O–H groups in total. The van der Waals surface area contributed by atoms with Gasteiger partial charge >= 0.3 is 0 Å². The summed E-state index contributed by atoms with van der Waals surface area (Å²) < 4.78 is 6.80. The van der Waals surface area contributed by atoms with Gasteiger partial charge in [0, 0.05) is 13.2 Å². The number of hydrogen-bond acceptors (Lipinski definition) is 4. The molecule has 1 aromatic heterocycles. The Labute approximate surface area is 89.5 Å². The lowest BCUT2D eigenvalue weighted by molar-refractivity contribution is -0.122. The normalized spacial score (nSPS) is 10.5. The number of carbonyl (C=O) groups excluding carboxylic acids is 1. The van der Waals surface area contributed by atoms with E-state index in [1.807, 2.05) is 6.92 Å². The Balaban J connectivity index is 2.48. The number of carbonyl (C=O) groups is 1. The maximum absolute atomic E-state index is 11.4. The van der Waals surface area contributed by atoms with Crippen molar-refractivity contribution in [1.82, 2.24) is 14.8 Å². The Kier molecular flexibility index (Phi) is 4.97. The number of ketones is 1. The number of Topliss-reactive ketones (excluding diaryl/α,β-unsaturated/α-hetero) is 1. The molecule has 0 amide bonds. The lowest BCUT2D eigenvalue weighted by Crippen LogP contribution is -2.15. The van der Waals surface area contributed by atoms with E-state index in [2.05, 4.69) is 17.0 Å². The van der Waals surface area contributed by atoms with Gasteiger partial charge in [0.15, 0.2) is 5.78 Å². The number of rotatable bonds is 7. The Hall–Kier alpha value is -1.23. The van der Waals surface area contributed by atoms with E-state index in [1.54, 1.807) is 4.68 Å². The summed E-state index contributed by atoms with van der Waals surface area (Å²) in [6.07, 6.45) is 2.77. The summed E-state index contributed by atoms with van der Waals surface area (Å²) in [5, 5.41) is 4.05. The molecule has 0 saturated carbocycles. The highest BCUT2D eigenvalue weighted by Gasteiger charge is 2.09. The van der Waals surface area contributed by atoms with E-state index in [0.29, 0.717) is 13.0 Å². The van der Waals surface area contributed by atoms with Gasteiger partial charge < -0.3 is 4.74 Å². The fraction of sp³-hybridized carbons (Fsp3) is 0.700. The smallest absolute Gasteiger partial charge is 0.166 e. The maximum atomic E-state index is 11.4. The van der Waals surface area contributed by atoms with Crippen LogP contribution in [0.25, 0.3) is 0 Å². The first-order valence-corrected chi connectivity index (χ1v) is 5.24. The van der Waals surface area contributed by atoms with Crippen molar-refractivity contribution in [3.8, 4) is 0 Å². The molecule has 0 aliphatic heterocycles. The zero-order chi connectivity index (χ0) is 11.1. The van der Waals surface area contributed by atoms with Crippen molar-refractivity contribution in [1.29, 1.82) is 0 Å². The van der Waals surface area contributed by atoms with Crippen LogP contribution in [0.2, 0.25) is 0 Å². The third-order valence-electron chi connectivity index (χ3n) is 1.95. The average Bonchev–Trinajstić information content (AvgIpc) is 2.63. The lowest BCUT2D eigenvalue weighted by Gasteiger charge is -2.03. The van der Waals surface area contributed by atoms with E-state index >= 15 is 0 Å². The molecule has 5 heteroatoms. The molecular formula is C10H17N3O2. The van der Waals surface area contributed by atoms with E-state index in [1.165, 1.54) is 6.33 Å². The average molecular weight is 211 g/mol. The third kappa shape index (κ3) is 3.79. The van der Waals surface area contributed by atoms with Crippen molar-refractivity contribution in [2.45, 2.75) is 33.2 Å². The van der Waals surface area contributed by atoms with Gasteiger partial charge in [-0.2, -0.15) is 5.10 Å². The van der Waals surface area contributed by atoms with Gasteiger partial charge in [-0.1, -0.05) is 6.92 Å². The van der Waals surface area contributed by atoms with E-state index in [0.717, 1.165) is 18.8 Å². The highest BCUT2D eigenvalue weighted by molar-refractivity contribution is 5.81. The van der Waals surface area contributed by atoms with Crippen LogP contribution in [0.5, 0.6) is 0 Å². The molecule has 0 fully saturated rings. The molecule has 0 aromatic carbocycles. The van der Waals surface area contributed by atoms with Crippen molar-refractivity contribution in [3.63, 3.8) is 0 Å². The summed E-state index contributed by atoms with van der Waals surface area (Å²) in [5.41, 5.74) is 0. The molecular weight excluding hydrogens is 194 g/mol. The first-order valence-electron chi connectivity index (χ1n) is 5.24. The first kappa shape index (κ1) is 11.8. The maximum Gasteiger partial charge on any atom is 0.166 e. The van der Waals surface area contributed by atoms with E-state index < -0.39 is 0 Å². The van der Waals surface area contributed by atoms with Crippen LogP contribution < -0.4 is 0 Å². The first-order chi connectivity index (χ1) is 7.27. The summed E-state index contributed by atoms with van der Waals surface area (Å²) in [5.74, 6) is 0.767. The van der Waals surface area contributed by atoms with Crippen LogP contribution in [0.15, 0.2) is 6.33 Å². The third-order valence-corrected chi connectivity index (χ3v) is 1.95. The molecule has 0 bridgehead atoms. The molecule has 1 aromatic rings. The van der Waals surface area contributed by atoms with Crippen molar-refractivity contribution >= 4 is 5.78 Å². The molecule has 0 saturated heterocycles. The molecule has 0 aliphatic rings. The van der Waals surface area contributed by atoms with Gasteiger partial charge in [-0.25, -0.2) is 9.67 Å². The van der Waals surface area contributed by atoms with Crippen molar-refractivity contribution in [2.24, 2.45) is 0 Å². The largest absolute Gasteiger partial charge is 0.374 e. The Bertz CT molecular complexity index is 309. The molecule has 0 unspecified atom stereocenters. The van der Waals surface area contributed by atoms with Gasteiger partial charge in [0.05, 0.1) is 6.42 Å². The second-order valence-electron chi connectivity index (χ2n) is 3.25. The van der Waals surface area contributed by atoms with Gasteiger partial charge in [-0.15, -0.1) is 0 Å². The zero-order valence-electron chi connectivity index (χ0n) is 9.27. The minimum Gasteiger partial charge on any atom is -0.374 e. The van der Waals surface area contributed by atoms with Crippen LogP contribution in [-0.2, 0) is 22.5 Å². The van der Waals surface area contributed by atoms with Crippen molar-refractivity contribution in [3.05, 3.63) is 12.2 Å². The zero-order valence-corrected chi connectivity index (χ0v) is 9.27. The lowest BCUT2D eigenvalue weighted by atomic mass is 10.3. The van der Waals surface area contributed by atoms with Gasteiger partial charge in [-0.3, -0.25) is 4.79 Å². The van der Waals surface area contributed by atoms with Crippen molar-refractivity contribution < 1.29 is 9.53 Å². The highest BCUT2D eigenvalue weighted by Crippen LogP contribution is 1.98. The number of nitrogens with zero attached hydrogens (tertiary/aromatic N) is 3. The predicted octanol–water partition coefficient (Wildman–Crippen LogP) is 0.836. The standard InChI is InChI=1S/C10H17N3O2/c1-3-5-13-10(11-8-12-13)6-9(14)7-15-4-2/h8H,3-7H2,1-2H3. The molecule has 0 radical (unpaired) electrons. The minimum absolute atomic E-state index is 0.0437. The van der Waals surface area contributed by atoms with Gasteiger partial charge in [-0.05, 0) is 13.3 Å². The van der Waals surface area contributed by atoms with E-state index in [9.17, 15) is 4.79 Å². The Morgan fingerprint density at radius 1 is 1.53 bits per heavy atom. The van der Waals surface area contributed by atoms with Crippen LogP contribution >= 0.6 is 0 Å². The van der Waals surface area contributed by atoms with E-state index in [4.69, 9.17) is 4.74 Å². The topological polar surface area (TPSA) is 57.0 Å². The van der Waals surface area contributed by atoms with Crippen LogP contribution in [0, 0.1) is 0 Å². The quantitative estimate of drug-likeness (QED) is 0.670. The monoisotopic (exact) mass is 211 g/mol. The Morgan fingerprint density at radius 2 is 2.33 bits per heavy atom. The molecule has 0 aliphatic carbocycles. The molecule has 0 atom stereocenters. The summed E-state index contributed by atoms with van der Waals surface area (Å²) in [7, 11) is 0. The summed E-state index contributed by atoms with van der Waals surface area (Å²) in [6.45, 7) is 5.46. The number of hydrogen-bond donors (Lipinski definition) is 0. The molecule has 5 nitrogen and oxygen atoms in total. The fourth-order valence-corrected chi connectivity index (χ4v) is 1.27. The number of aromatic nitrogens is 3. The summed E-state index contributed by atoms with van der Waals surface area (Å²) in [4.78, 5) is 15.5. The van der Waals surface area contributed by atoms with Crippen LogP contribution in [0.4, 0.5) is 0 Å². The highest BCUT2D eigenvalue weighted by atomic mass is 16.5. The summed E-state index contributed by atoms with van der Waals surface area (Å²) in [6, 6.07) is 0. The second-order valence-corrected chi connectivity index (χ2v) is 3.25. The SMILES string of the molecule is CCCn1ncnc1CC(=O)COCC. The van der Waals surface area contributed by atoms with Crippen LogP contribution in [0.1, 0.15) is 26.1 Å². The van der Waals surface area contributed by atoms with Crippen LogP contribution in [-0.4, -0.2) is 33.8 Å². The molecule has 1 rings (SSSR count). The Morgan fingerprint density at radius 3 is 3.00 bits per heavy atom. The second kappa shape index (κ2) is 6.29. The molecule has 1 heterocycles. The van der Waals surface area contributed by atoms with Gasteiger partial charge in [0.25, 0.3) is 0 Å². The summed E-state index contributed by atoms with van der Waals surface area (Å²) >= 11 is 0. The van der Waals surface area contributed by atoms with Crippen molar-refractivity contribution in [2.75, 3.05) is 13.2 Å². The fourth-order valence-electron chi connectivity index (χ4n) is 1.27. The van der Waals surface area contributed by atoms with Gasteiger partial charge in [0.2, 0.25) is 0 Å². The number of aryl methyl sites for hydroxylation is 1. The van der Waals surface area contributed by atoms with Gasteiger partial charge in [0.1, 0.15) is 18.8 Å². The van der Waals surface area contributed by atoms with E-state index in [-0.39, 0.29) is 12.4 Å². The van der Waals surface area contributed by atoms with Crippen LogP contribution in [0.3, 0.4) is 0 Å². The predicted molar refractivity (Wildman–Crippen MR) is 55.5 cm³/mol. The molecule has 0 spiro atoms.